The van der Waals surface area contributed by atoms with Crippen molar-refractivity contribution in [3.8, 4) is 0 Å². The van der Waals surface area contributed by atoms with Crippen LogP contribution in [0.15, 0.2) is 4.99 Å². The largest absolute Gasteiger partial charge is 0.377 e. The lowest BCUT2D eigenvalue weighted by atomic mass is 9.54. The van der Waals surface area contributed by atoms with Gasteiger partial charge in [-0.25, -0.2) is 0 Å². The van der Waals surface area contributed by atoms with Crippen LogP contribution < -0.4 is 10.6 Å². The van der Waals surface area contributed by atoms with Crippen LogP contribution in [-0.4, -0.2) is 49.3 Å². The molecule has 1 aliphatic heterocycles. The van der Waals surface area contributed by atoms with E-state index in [1.165, 1.54) is 51.4 Å². The molecule has 4 fully saturated rings. The van der Waals surface area contributed by atoms with E-state index in [0.717, 1.165) is 17.8 Å². The maximum absolute atomic E-state index is 6.09. The Morgan fingerprint density at radius 2 is 1.96 bits per heavy atom. The smallest absolute Gasteiger partial charge is 0.191 e. The van der Waals surface area contributed by atoms with E-state index < -0.39 is 0 Å². The van der Waals surface area contributed by atoms with Crippen LogP contribution in [0.25, 0.3) is 0 Å². The van der Waals surface area contributed by atoms with Gasteiger partial charge in [-0.15, -0.1) is 24.0 Å². The molecule has 24 heavy (non-hydrogen) atoms. The van der Waals surface area contributed by atoms with Gasteiger partial charge in [0.05, 0.1) is 6.10 Å². The first-order valence-corrected chi connectivity index (χ1v) is 10.7. The molecule has 1 spiro atoms. The number of rotatable bonds is 3. The van der Waals surface area contributed by atoms with Crippen LogP contribution in [0, 0.1) is 11.3 Å². The molecule has 4 aliphatic rings. The first-order valence-electron chi connectivity index (χ1n) is 9.41. The summed E-state index contributed by atoms with van der Waals surface area (Å²) in [6.45, 7) is 0.958. The summed E-state index contributed by atoms with van der Waals surface area (Å²) >= 11 is 2.01. The molecule has 0 aromatic rings. The molecule has 0 amide bonds. The van der Waals surface area contributed by atoms with Crippen LogP contribution in [0.1, 0.15) is 51.4 Å². The Bertz CT molecular complexity index is 469. The zero-order chi connectivity index (χ0) is 15.9. The Kier molecular flexibility index (Phi) is 6.29. The average molecular weight is 465 g/mol. The third-order valence-electron chi connectivity index (χ3n) is 6.86. The zero-order valence-electron chi connectivity index (χ0n) is 14.9. The summed E-state index contributed by atoms with van der Waals surface area (Å²) in [7, 11) is 1.92. The Balaban J connectivity index is 0.00000169. The predicted molar refractivity (Wildman–Crippen MR) is 113 cm³/mol. The Morgan fingerprint density at radius 1 is 1.17 bits per heavy atom. The van der Waals surface area contributed by atoms with Crippen molar-refractivity contribution >= 4 is 41.7 Å². The normalized spacial score (nSPS) is 40.1. The van der Waals surface area contributed by atoms with Crippen molar-refractivity contribution < 1.29 is 4.74 Å². The van der Waals surface area contributed by atoms with Gasteiger partial charge in [-0.05, 0) is 44.8 Å². The average Bonchev–Trinajstić information content (AvgIpc) is 3.29. The summed E-state index contributed by atoms with van der Waals surface area (Å²) in [6.07, 6.45) is 13.3. The number of nitrogens with zero attached hydrogens (tertiary/aromatic N) is 1. The molecule has 0 aromatic carbocycles. The van der Waals surface area contributed by atoms with E-state index in [1.54, 1.807) is 0 Å². The van der Waals surface area contributed by atoms with Crippen LogP contribution >= 0.6 is 35.7 Å². The van der Waals surface area contributed by atoms with E-state index >= 15 is 0 Å². The highest BCUT2D eigenvalue weighted by atomic mass is 127. The molecule has 0 radical (unpaired) electrons. The predicted octanol–water partition coefficient (Wildman–Crippen LogP) is 3.40. The maximum Gasteiger partial charge on any atom is 0.191 e. The van der Waals surface area contributed by atoms with Crippen molar-refractivity contribution in [1.82, 2.24) is 10.6 Å². The first kappa shape index (κ1) is 19.1. The van der Waals surface area contributed by atoms with Crippen molar-refractivity contribution in [2.75, 3.05) is 19.9 Å². The fraction of sp³-hybridized carbons (Fsp3) is 0.944. The molecule has 5 atom stereocenters. The summed E-state index contributed by atoms with van der Waals surface area (Å²) in [5.74, 6) is 1.73. The molecule has 2 N–H and O–H groups in total. The number of hydrogen-bond donors (Lipinski definition) is 2. The quantitative estimate of drug-likeness (QED) is 0.381. The highest BCUT2D eigenvalue weighted by Gasteiger charge is 2.65. The molecule has 138 valence electrons. The van der Waals surface area contributed by atoms with E-state index in [1.807, 2.05) is 18.8 Å². The molecule has 3 saturated carbocycles. The molecule has 1 heterocycles. The van der Waals surface area contributed by atoms with E-state index in [2.05, 4.69) is 21.9 Å². The van der Waals surface area contributed by atoms with Crippen molar-refractivity contribution in [3.05, 3.63) is 0 Å². The lowest BCUT2D eigenvalue weighted by Gasteiger charge is -2.57. The molecule has 0 bridgehead atoms. The van der Waals surface area contributed by atoms with Gasteiger partial charge >= 0.3 is 0 Å². The highest BCUT2D eigenvalue weighted by Crippen LogP contribution is 2.60. The van der Waals surface area contributed by atoms with Gasteiger partial charge in [0.2, 0.25) is 0 Å². The lowest BCUT2D eigenvalue weighted by molar-refractivity contribution is -0.125. The SMILES string of the molecule is CN=C(NC1CCC(SC)C1)NC1C2CCOC2C12CCCC2.I. The number of ether oxygens (including phenoxy) is 1. The summed E-state index contributed by atoms with van der Waals surface area (Å²) < 4.78 is 6.09. The summed E-state index contributed by atoms with van der Waals surface area (Å²) in [4.78, 5) is 4.54. The third kappa shape index (κ3) is 3.20. The van der Waals surface area contributed by atoms with Crippen molar-refractivity contribution in [2.24, 2.45) is 16.3 Å². The number of thioether (sulfide) groups is 1. The number of hydrogen-bond acceptors (Lipinski definition) is 3. The minimum atomic E-state index is 0. The fourth-order valence-corrected chi connectivity index (χ4v) is 6.50. The van der Waals surface area contributed by atoms with Crippen molar-refractivity contribution in [3.63, 3.8) is 0 Å². The standard InChI is InChI=1S/C18H31N3OS.HI/c1-19-17(20-12-5-6-13(11-12)23-2)21-15-14-7-10-22-16(14)18(15)8-3-4-9-18;/h12-16H,3-11H2,1-2H3,(H2,19,20,21);1H. The van der Waals surface area contributed by atoms with Crippen LogP contribution in [0.5, 0.6) is 0 Å². The summed E-state index contributed by atoms with van der Waals surface area (Å²) in [5.41, 5.74) is 0.399. The first-order chi connectivity index (χ1) is 11.3. The van der Waals surface area contributed by atoms with Gasteiger partial charge in [-0.3, -0.25) is 4.99 Å². The Labute approximate surface area is 167 Å². The summed E-state index contributed by atoms with van der Waals surface area (Å²) in [6, 6.07) is 1.16. The molecule has 1 saturated heterocycles. The van der Waals surface area contributed by atoms with Gasteiger partial charge in [0.25, 0.3) is 0 Å². The molecular weight excluding hydrogens is 433 g/mol. The minimum Gasteiger partial charge on any atom is -0.377 e. The fourth-order valence-electron chi connectivity index (χ4n) is 5.70. The Morgan fingerprint density at radius 3 is 2.62 bits per heavy atom. The lowest BCUT2D eigenvalue weighted by Crippen LogP contribution is -2.69. The second kappa shape index (κ2) is 7.91. The molecule has 3 aliphatic carbocycles. The van der Waals surface area contributed by atoms with E-state index in [9.17, 15) is 0 Å². The molecule has 5 unspecified atom stereocenters. The number of fused-ring (bicyclic) bond motifs is 2. The minimum absolute atomic E-state index is 0. The number of halogens is 1. The molecule has 4 nitrogen and oxygen atoms in total. The van der Waals surface area contributed by atoms with Gasteiger partial charge in [-0.1, -0.05) is 12.8 Å². The van der Waals surface area contributed by atoms with E-state index in [-0.39, 0.29) is 24.0 Å². The highest BCUT2D eigenvalue weighted by molar-refractivity contribution is 14.0. The number of nitrogens with one attached hydrogen (secondary N) is 2. The van der Waals surface area contributed by atoms with Crippen molar-refractivity contribution in [2.45, 2.75) is 74.8 Å². The van der Waals surface area contributed by atoms with Gasteiger partial charge in [0.1, 0.15) is 0 Å². The molecule has 4 rings (SSSR count). The summed E-state index contributed by atoms with van der Waals surface area (Å²) in [5, 5.41) is 8.34. The maximum atomic E-state index is 6.09. The van der Waals surface area contributed by atoms with Gasteiger partial charge < -0.3 is 15.4 Å². The van der Waals surface area contributed by atoms with Crippen LogP contribution in [0.4, 0.5) is 0 Å². The van der Waals surface area contributed by atoms with Crippen LogP contribution in [-0.2, 0) is 4.74 Å². The second-order valence-electron chi connectivity index (χ2n) is 7.89. The van der Waals surface area contributed by atoms with Crippen LogP contribution in [0.3, 0.4) is 0 Å². The monoisotopic (exact) mass is 465 g/mol. The van der Waals surface area contributed by atoms with Gasteiger partial charge in [0.15, 0.2) is 5.96 Å². The molecule has 6 heteroatoms. The second-order valence-corrected chi connectivity index (χ2v) is 9.03. The Hall–Kier alpha value is 0.310. The van der Waals surface area contributed by atoms with Gasteiger partial charge in [-0.2, -0.15) is 11.8 Å². The number of guanidine groups is 1. The van der Waals surface area contributed by atoms with E-state index in [0.29, 0.717) is 29.5 Å². The number of aliphatic imine (C=N–C) groups is 1. The molecule has 0 aromatic heterocycles. The third-order valence-corrected chi connectivity index (χ3v) is 7.96. The molecular formula is C18H32IN3OS. The topological polar surface area (TPSA) is 45.7 Å². The van der Waals surface area contributed by atoms with E-state index in [4.69, 9.17) is 4.74 Å². The van der Waals surface area contributed by atoms with Crippen molar-refractivity contribution in [1.29, 1.82) is 0 Å². The van der Waals surface area contributed by atoms with Crippen LogP contribution in [0.2, 0.25) is 0 Å². The zero-order valence-corrected chi connectivity index (χ0v) is 18.1. The van der Waals surface area contributed by atoms with Gasteiger partial charge in [0, 0.05) is 42.3 Å².